The molecule has 0 aromatic heterocycles. The normalized spacial score (nSPS) is 10.1. The maximum atomic E-state index is 9.50. The summed E-state index contributed by atoms with van der Waals surface area (Å²) in [7, 11) is 0. The minimum Gasteiger partial charge on any atom is -0.303 e. The molecule has 13 heavy (non-hydrogen) atoms. The van der Waals surface area contributed by atoms with Gasteiger partial charge in [0, 0.05) is 5.92 Å². The van der Waals surface area contributed by atoms with Gasteiger partial charge in [-0.3, -0.25) is 0 Å². The lowest BCUT2D eigenvalue weighted by atomic mass is 10.2. The Morgan fingerprint density at radius 1 is 1.15 bits per heavy atom. The number of carbonyl (C=O) groups is 1. The van der Waals surface area contributed by atoms with Crippen molar-refractivity contribution in [2.24, 2.45) is 11.8 Å². The average Bonchev–Trinajstić information content (AvgIpc) is 2.02. The number of hydrogen-bond donors (Lipinski definition) is 0. The number of aldehydes is 1. The van der Waals surface area contributed by atoms with Crippen LogP contribution in [-0.2, 0) is 4.79 Å². The Morgan fingerprint density at radius 3 is 1.62 bits per heavy atom. The van der Waals surface area contributed by atoms with Crippen LogP contribution in [0.5, 0.6) is 0 Å². The topological polar surface area (TPSA) is 17.1 Å². The zero-order valence-electron chi connectivity index (χ0n) is 9.50. The van der Waals surface area contributed by atoms with Gasteiger partial charge in [0.25, 0.3) is 0 Å². The molecule has 0 radical (unpaired) electrons. The molecular weight excluding hydrogens is 160 g/mol. The molecular formula is C12H22O. The van der Waals surface area contributed by atoms with Crippen LogP contribution in [0.15, 0.2) is 24.3 Å². The fourth-order valence-electron chi connectivity index (χ4n) is 0.357. The molecule has 0 unspecified atom stereocenters. The monoisotopic (exact) mass is 182 g/mol. The Bertz CT molecular complexity index is 164. The van der Waals surface area contributed by atoms with E-state index in [4.69, 9.17) is 0 Å². The lowest BCUT2D eigenvalue weighted by Gasteiger charge is -1.91. The quantitative estimate of drug-likeness (QED) is 0.481. The summed E-state index contributed by atoms with van der Waals surface area (Å²) >= 11 is 0. The standard InChI is InChI=1S/C8H14.C4H8O/c1-7(2)5-6-8(3)4;1-4(2)3-5/h5-6,8H,1H2,2-4H3;3-4H,1-2H3. The zero-order valence-corrected chi connectivity index (χ0v) is 9.50. The van der Waals surface area contributed by atoms with Crippen LogP contribution >= 0.6 is 0 Å². The van der Waals surface area contributed by atoms with Crippen LogP contribution in [0.1, 0.15) is 34.6 Å². The van der Waals surface area contributed by atoms with Crippen molar-refractivity contribution in [2.75, 3.05) is 0 Å². The Hall–Kier alpha value is -0.850. The molecule has 0 N–H and O–H groups in total. The Morgan fingerprint density at radius 2 is 1.54 bits per heavy atom. The van der Waals surface area contributed by atoms with Crippen LogP contribution in [0.25, 0.3) is 0 Å². The van der Waals surface area contributed by atoms with Gasteiger partial charge < -0.3 is 4.79 Å². The van der Waals surface area contributed by atoms with E-state index in [9.17, 15) is 4.79 Å². The summed E-state index contributed by atoms with van der Waals surface area (Å²) in [4.78, 5) is 9.50. The summed E-state index contributed by atoms with van der Waals surface area (Å²) in [5.74, 6) is 0.849. The molecule has 1 heteroatoms. The van der Waals surface area contributed by atoms with Crippen LogP contribution < -0.4 is 0 Å². The molecule has 0 spiro atoms. The van der Waals surface area contributed by atoms with E-state index in [1.807, 2.05) is 26.8 Å². The summed E-state index contributed by atoms with van der Waals surface area (Å²) < 4.78 is 0. The van der Waals surface area contributed by atoms with Gasteiger partial charge in [-0.1, -0.05) is 52.0 Å². The Balaban J connectivity index is 0. The van der Waals surface area contributed by atoms with Gasteiger partial charge >= 0.3 is 0 Å². The minimum absolute atomic E-state index is 0.204. The van der Waals surface area contributed by atoms with Crippen LogP contribution in [0.4, 0.5) is 0 Å². The van der Waals surface area contributed by atoms with Crippen molar-refractivity contribution < 1.29 is 4.79 Å². The largest absolute Gasteiger partial charge is 0.303 e. The van der Waals surface area contributed by atoms with Crippen molar-refractivity contribution >= 4 is 6.29 Å². The Labute approximate surface area is 82.5 Å². The third-order valence-corrected chi connectivity index (χ3v) is 1.04. The van der Waals surface area contributed by atoms with E-state index in [1.165, 1.54) is 0 Å². The number of rotatable bonds is 3. The first-order valence-electron chi connectivity index (χ1n) is 4.69. The van der Waals surface area contributed by atoms with E-state index < -0.39 is 0 Å². The highest BCUT2D eigenvalue weighted by Gasteiger charge is 1.81. The number of allylic oxidation sites excluding steroid dienone is 3. The molecule has 0 fully saturated rings. The van der Waals surface area contributed by atoms with Gasteiger partial charge in [-0.2, -0.15) is 0 Å². The molecule has 0 amide bonds. The van der Waals surface area contributed by atoms with Gasteiger partial charge in [-0.25, -0.2) is 0 Å². The second-order valence-electron chi connectivity index (χ2n) is 3.83. The van der Waals surface area contributed by atoms with Crippen LogP contribution in [0, 0.1) is 11.8 Å². The van der Waals surface area contributed by atoms with Crippen molar-refractivity contribution in [1.29, 1.82) is 0 Å². The van der Waals surface area contributed by atoms with Gasteiger partial charge in [-0.15, -0.1) is 0 Å². The summed E-state index contributed by atoms with van der Waals surface area (Å²) in [5.41, 5.74) is 1.12. The lowest BCUT2D eigenvalue weighted by molar-refractivity contribution is -0.110. The first kappa shape index (κ1) is 14.7. The predicted octanol–water partition coefficient (Wildman–Crippen LogP) is 3.62. The van der Waals surface area contributed by atoms with E-state index in [-0.39, 0.29) is 5.92 Å². The second kappa shape index (κ2) is 9.24. The summed E-state index contributed by atoms with van der Waals surface area (Å²) in [5, 5.41) is 0. The molecule has 0 bridgehead atoms. The first-order valence-corrected chi connectivity index (χ1v) is 4.69. The van der Waals surface area contributed by atoms with E-state index in [0.29, 0.717) is 5.92 Å². The number of hydrogen-bond acceptors (Lipinski definition) is 1. The molecule has 0 saturated carbocycles. The fraction of sp³-hybridized carbons (Fsp3) is 0.583. The minimum atomic E-state index is 0.204. The lowest BCUT2D eigenvalue weighted by Crippen LogP contribution is -1.82. The molecule has 0 atom stereocenters. The maximum absolute atomic E-state index is 9.50. The second-order valence-corrected chi connectivity index (χ2v) is 3.83. The van der Waals surface area contributed by atoms with Gasteiger partial charge in [0.05, 0.1) is 0 Å². The van der Waals surface area contributed by atoms with E-state index in [2.05, 4.69) is 26.5 Å². The molecule has 0 aliphatic rings. The van der Waals surface area contributed by atoms with Crippen LogP contribution in [0.3, 0.4) is 0 Å². The van der Waals surface area contributed by atoms with Crippen LogP contribution in [-0.4, -0.2) is 6.29 Å². The van der Waals surface area contributed by atoms with Gasteiger partial charge in [0.2, 0.25) is 0 Å². The molecule has 0 aromatic carbocycles. The van der Waals surface area contributed by atoms with Gasteiger partial charge in [-0.05, 0) is 12.8 Å². The van der Waals surface area contributed by atoms with Gasteiger partial charge in [0.15, 0.2) is 0 Å². The highest BCUT2D eigenvalue weighted by atomic mass is 16.1. The third-order valence-electron chi connectivity index (χ3n) is 1.04. The third kappa shape index (κ3) is 24.7. The predicted molar refractivity (Wildman–Crippen MR) is 59.7 cm³/mol. The molecule has 0 aliphatic heterocycles. The smallest absolute Gasteiger partial charge is 0.122 e. The molecule has 0 aromatic rings. The highest BCUT2D eigenvalue weighted by Crippen LogP contribution is 1.96. The molecule has 76 valence electrons. The van der Waals surface area contributed by atoms with Crippen molar-refractivity contribution in [2.45, 2.75) is 34.6 Å². The molecule has 1 nitrogen and oxygen atoms in total. The number of carbonyl (C=O) groups excluding carboxylic acids is 1. The van der Waals surface area contributed by atoms with Crippen molar-refractivity contribution in [1.82, 2.24) is 0 Å². The van der Waals surface area contributed by atoms with Crippen molar-refractivity contribution in [3.8, 4) is 0 Å². The van der Waals surface area contributed by atoms with Crippen LogP contribution in [0.2, 0.25) is 0 Å². The average molecular weight is 182 g/mol. The summed E-state index contributed by atoms with van der Waals surface area (Å²) in [6.45, 7) is 13.8. The van der Waals surface area contributed by atoms with E-state index in [1.54, 1.807) is 0 Å². The van der Waals surface area contributed by atoms with E-state index in [0.717, 1.165) is 11.9 Å². The molecule has 0 saturated heterocycles. The highest BCUT2D eigenvalue weighted by molar-refractivity contribution is 5.51. The fourth-order valence-corrected chi connectivity index (χ4v) is 0.357. The van der Waals surface area contributed by atoms with Gasteiger partial charge in [0.1, 0.15) is 6.29 Å². The first-order chi connectivity index (χ1) is 5.90. The summed E-state index contributed by atoms with van der Waals surface area (Å²) in [6.07, 6.45) is 5.10. The molecule has 0 aliphatic carbocycles. The SMILES string of the molecule is C=C(C)C=CC(C)C.CC(C)C=O. The maximum Gasteiger partial charge on any atom is 0.122 e. The molecule has 0 heterocycles. The van der Waals surface area contributed by atoms with Crippen molar-refractivity contribution in [3.05, 3.63) is 24.3 Å². The van der Waals surface area contributed by atoms with Crippen molar-refractivity contribution in [3.63, 3.8) is 0 Å². The zero-order chi connectivity index (χ0) is 10.9. The van der Waals surface area contributed by atoms with E-state index >= 15 is 0 Å². The summed E-state index contributed by atoms with van der Waals surface area (Å²) in [6, 6.07) is 0. The molecule has 0 rings (SSSR count). The Kier molecular flexibility index (Phi) is 10.4.